The Morgan fingerprint density at radius 3 is 2.95 bits per heavy atom. The van der Waals surface area contributed by atoms with Crippen molar-refractivity contribution in [2.24, 2.45) is 0 Å². The third-order valence-corrected chi connectivity index (χ3v) is 3.60. The number of nitrogens with one attached hydrogen (secondary N) is 1. The van der Waals surface area contributed by atoms with Gasteiger partial charge in [0, 0.05) is 18.1 Å². The Labute approximate surface area is 126 Å². The monoisotopic (exact) mass is 339 g/mol. The molecule has 1 atom stereocenters. The van der Waals surface area contributed by atoms with Gasteiger partial charge in [-0.1, -0.05) is 6.07 Å². The number of hydrogen-bond donors (Lipinski definition) is 1. The van der Waals surface area contributed by atoms with Gasteiger partial charge in [-0.15, -0.1) is 5.10 Å². The highest BCUT2D eigenvalue weighted by molar-refractivity contribution is 9.10. The summed E-state index contributed by atoms with van der Waals surface area (Å²) in [5.74, 6) is 0.769. The van der Waals surface area contributed by atoms with Gasteiger partial charge in [0.1, 0.15) is 0 Å². The van der Waals surface area contributed by atoms with Crippen LogP contribution in [0.1, 0.15) is 24.4 Å². The maximum absolute atomic E-state index is 5.03. The van der Waals surface area contributed by atoms with Gasteiger partial charge >= 0.3 is 0 Å². The Morgan fingerprint density at radius 1 is 1.45 bits per heavy atom. The van der Waals surface area contributed by atoms with Crippen molar-refractivity contribution in [3.8, 4) is 5.69 Å². The molecule has 0 saturated carbocycles. The van der Waals surface area contributed by atoms with E-state index < -0.39 is 0 Å². The largest absolute Gasteiger partial charge is 0.383 e. The molecule has 0 aliphatic heterocycles. The van der Waals surface area contributed by atoms with Crippen molar-refractivity contribution >= 4 is 15.9 Å². The van der Waals surface area contributed by atoms with Crippen molar-refractivity contribution < 1.29 is 4.74 Å². The van der Waals surface area contributed by atoms with E-state index in [0.29, 0.717) is 6.61 Å². The van der Waals surface area contributed by atoms with Crippen molar-refractivity contribution in [2.75, 3.05) is 20.3 Å². The average molecular weight is 340 g/mol. The van der Waals surface area contributed by atoms with Crippen molar-refractivity contribution in [3.63, 3.8) is 0 Å². The van der Waals surface area contributed by atoms with Gasteiger partial charge < -0.3 is 10.1 Å². The molecule has 0 spiro atoms. The minimum atomic E-state index is 0.0355. The van der Waals surface area contributed by atoms with E-state index in [9.17, 15) is 0 Å². The molecule has 7 heteroatoms. The number of hydrogen-bond acceptors (Lipinski definition) is 5. The molecule has 1 aromatic carbocycles. The number of tetrazole rings is 1. The van der Waals surface area contributed by atoms with Crippen LogP contribution in [0.3, 0.4) is 0 Å². The van der Waals surface area contributed by atoms with E-state index in [0.717, 1.165) is 22.5 Å². The molecule has 1 unspecified atom stereocenters. The average Bonchev–Trinajstić information content (AvgIpc) is 2.88. The Morgan fingerprint density at radius 2 is 2.25 bits per heavy atom. The van der Waals surface area contributed by atoms with E-state index in [2.05, 4.69) is 36.8 Å². The summed E-state index contributed by atoms with van der Waals surface area (Å²) >= 11 is 3.56. The van der Waals surface area contributed by atoms with E-state index in [4.69, 9.17) is 4.74 Å². The maximum Gasteiger partial charge on any atom is 0.173 e. The van der Waals surface area contributed by atoms with Crippen LogP contribution < -0.4 is 5.32 Å². The predicted octanol–water partition coefficient (Wildman–Crippen LogP) is 2.03. The fourth-order valence-corrected chi connectivity index (χ4v) is 2.55. The molecule has 0 amide bonds. The van der Waals surface area contributed by atoms with Gasteiger partial charge in [-0.3, -0.25) is 0 Å². The lowest BCUT2D eigenvalue weighted by Crippen LogP contribution is -2.25. The lowest BCUT2D eigenvalue weighted by Gasteiger charge is -2.14. The standard InChI is InChI=1S/C13H18BrN5O/c1-9-4-5-12(11(14)8-9)19-13(16-17-18-19)10(2)15-6-7-20-3/h4-5,8,10,15H,6-7H2,1-3H3. The highest BCUT2D eigenvalue weighted by Gasteiger charge is 2.16. The molecule has 1 heterocycles. The smallest absolute Gasteiger partial charge is 0.173 e. The summed E-state index contributed by atoms with van der Waals surface area (Å²) in [6.07, 6.45) is 0. The summed E-state index contributed by atoms with van der Waals surface area (Å²) < 4.78 is 7.74. The van der Waals surface area contributed by atoms with Crippen LogP contribution >= 0.6 is 15.9 Å². The van der Waals surface area contributed by atoms with Gasteiger partial charge in [0.05, 0.1) is 18.3 Å². The molecule has 20 heavy (non-hydrogen) atoms. The van der Waals surface area contributed by atoms with Gasteiger partial charge in [0.2, 0.25) is 0 Å². The number of benzene rings is 1. The Balaban J connectivity index is 2.23. The van der Waals surface area contributed by atoms with Crippen molar-refractivity contribution in [1.82, 2.24) is 25.5 Å². The Kier molecular flexibility index (Phi) is 5.22. The van der Waals surface area contributed by atoms with Crippen LogP contribution in [0.4, 0.5) is 0 Å². The van der Waals surface area contributed by atoms with E-state index in [1.54, 1.807) is 11.8 Å². The minimum Gasteiger partial charge on any atom is -0.383 e. The minimum absolute atomic E-state index is 0.0355. The van der Waals surface area contributed by atoms with Crippen molar-refractivity contribution in [1.29, 1.82) is 0 Å². The molecule has 108 valence electrons. The lowest BCUT2D eigenvalue weighted by molar-refractivity contribution is 0.196. The molecular weight excluding hydrogens is 322 g/mol. The summed E-state index contributed by atoms with van der Waals surface area (Å²) in [7, 11) is 1.68. The SMILES string of the molecule is COCCNC(C)c1nnnn1-c1ccc(C)cc1Br. The van der Waals surface area contributed by atoms with Crippen LogP contribution in [-0.4, -0.2) is 40.5 Å². The number of aryl methyl sites for hydroxylation is 1. The summed E-state index contributed by atoms with van der Waals surface area (Å²) in [6, 6.07) is 6.12. The van der Waals surface area contributed by atoms with Gasteiger partial charge in [0.25, 0.3) is 0 Å². The topological polar surface area (TPSA) is 64.9 Å². The van der Waals surface area contributed by atoms with Gasteiger partial charge in [-0.05, 0) is 57.9 Å². The molecule has 0 fully saturated rings. The summed E-state index contributed by atoms with van der Waals surface area (Å²) in [4.78, 5) is 0. The number of rotatable bonds is 6. The molecule has 2 aromatic rings. The second-order valence-corrected chi connectivity index (χ2v) is 5.43. The van der Waals surface area contributed by atoms with Crippen molar-refractivity contribution in [3.05, 3.63) is 34.1 Å². The van der Waals surface area contributed by atoms with Crippen LogP contribution in [0.25, 0.3) is 5.69 Å². The molecule has 0 saturated heterocycles. The molecule has 2 rings (SSSR count). The Bertz CT molecular complexity index is 572. The predicted molar refractivity (Wildman–Crippen MR) is 79.9 cm³/mol. The van der Waals surface area contributed by atoms with Crippen LogP contribution in [0.2, 0.25) is 0 Å². The first-order valence-corrected chi connectivity index (χ1v) is 7.20. The normalized spacial score (nSPS) is 12.6. The molecule has 1 N–H and O–H groups in total. The Hall–Kier alpha value is -1.31. The molecule has 6 nitrogen and oxygen atoms in total. The number of ether oxygens (including phenoxy) is 1. The lowest BCUT2D eigenvalue weighted by atomic mass is 10.2. The van der Waals surface area contributed by atoms with E-state index in [1.165, 1.54) is 5.56 Å². The van der Waals surface area contributed by atoms with Crippen LogP contribution in [0.5, 0.6) is 0 Å². The summed E-state index contributed by atoms with van der Waals surface area (Å²) in [6.45, 7) is 5.48. The van der Waals surface area contributed by atoms with Crippen LogP contribution in [0.15, 0.2) is 22.7 Å². The zero-order chi connectivity index (χ0) is 14.5. The second-order valence-electron chi connectivity index (χ2n) is 4.57. The quantitative estimate of drug-likeness (QED) is 0.815. The van der Waals surface area contributed by atoms with Crippen molar-refractivity contribution in [2.45, 2.75) is 19.9 Å². The van der Waals surface area contributed by atoms with E-state index in [1.807, 2.05) is 32.0 Å². The number of methoxy groups -OCH3 is 1. The van der Waals surface area contributed by atoms with Crippen LogP contribution in [-0.2, 0) is 4.74 Å². The van der Waals surface area contributed by atoms with Gasteiger partial charge in [-0.2, -0.15) is 4.68 Å². The van der Waals surface area contributed by atoms with E-state index >= 15 is 0 Å². The summed E-state index contributed by atoms with van der Waals surface area (Å²) in [5, 5.41) is 15.3. The van der Waals surface area contributed by atoms with Gasteiger partial charge in [-0.25, -0.2) is 0 Å². The molecular formula is C13H18BrN5O. The fourth-order valence-electron chi connectivity index (χ4n) is 1.89. The fraction of sp³-hybridized carbons (Fsp3) is 0.462. The third kappa shape index (κ3) is 3.41. The third-order valence-electron chi connectivity index (χ3n) is 2.97. The molecule has 0 aliphatic rings. The number of nitrogens with zero attached hydrogens (tertiary/aromatic N) is 4. The molecule has 0 bridgehead atoms. The number of halogens is 1. The highest BCUT2D eigenvalue weighted by Crippen LogP contribution is 2.23. The molecule has 1 aromatic heterocycles. The zero-order valence-corrected chi connectivity index (χ0v) is 13.4. The summed E-state index contributed by atoms with van der Waals surface area (Å²) in [5.41, 5.74) is 2.11. The first-order valence-electron chi connectivity index (χ1n) is 6.40. The maximum atomic E-state index is 5.03. The number of aromatic nitrogens is 4. The first kappa shape index (κ1) is 15.1. The van der Waals surface area contributed by atoms with Crippen LogP contribution in [0, 0.1) is 6.92 Å². The first-order chi connectivity index (χ1) is 9.63. The van der Waals surface area contributed by atoms with Gasteiger partial charge in [0.15, 0.2) is 5.82 Å². The second kappa shape index (κ2) is 6.92. The highest BCUT2D eigenvalue weighted by atomic mass is 79.9. The molecule has 0 aliphatic carbocycles. The van der Waals surface area contributed by atoms with E-state index in [-0.39, 0.29) is 6.04 Å². The molecule has 0 radical (unpaired) electrons. The zero-order valence-electron chi connectivity index (χ0n) is 11.8.